The Labute approximate surface area is 125 Å². The summed E-state index contributed by atoms with van der Waals surface area (Å²) >= 11 is 2.30. The van der Waals surface area contributed by atoms with Crippen molar-refractivity contribution < 1.29 is 9.47 Å². The fraction of sp³-hybridized carbons (Fsp3) is 0.867. The molecule has 3 atom stereocenters. The Hall–Kier alpha value is 0.390. The molecule has 0 aromatic carbocycles. The van der Waals surface area contributed by atoms with E-state index >= 15 is 0 Å². The van der Waals surface area contributed by atoms with E-state index in [4.69, 9.17) is 9.47 Å². The first-order valence-corrected chi connectivity index (χ1v) is 8.53. The van der Waals surface area contributed by atoms with Gasteiger partial charge >= 0.3 is 0 Å². The lowest BCUT2D eigenvalue weighted by Crippen LogP contribution is -2.42. The molecule has 2 rings (SSSR count). The molecule has 0 bridgehead atoms. The third-order valence-electron chi connectivity index (χ3n) is 4.15. The van der Waals surface area contributed by atoms with Gasteiger partial charge in [0.2, 0.25) is 0 Å². The summed E-state index contributed by atoms with van der Waals surface area (Å²) < 4.78 is 14.3. The molecule has 1 aliphatic carbocycles. The summed E-state index contributed by atoms with van der Waals surface area (Å²) in [5, 5.41) is 0. The van der Waals surface area contributed by atoms with Crippen LogP contribution in [-0.2, 0) is 9.47 Å². The molecule has 2 aliphatic rings. The molecule has 2 nitrogen and oxygen atoms in total. The molecule has 1 heterocycles. The predicted molar refractivity (Wildman–Crippen MR) is 82.8 cm³/mol. The summed E-state index contributed by atoms with van der Waals surface area (Å²) in [5.41, 5.74) is 0.0430. The molecule has 1 saturated heterocycles. The fourth-order valence-electron chi connectivity index (χ4n) is 3.29. The Balaban J connectivity index is 1.98. The molecule has 1 aliphatic heterocycles. The zero-order valence-corrected chi connectivity index (χ0v) is 13.5. The summed E-state index contributed by atoms with van der Waals surface area (Å²) in [6.07, 6.45) is 11.9. The quantitative estimate of drug-likeness (QED) is 0.666. The maximum atomic E-state index is 6.42. The lowest BCUT2D eigenvalue weighted by atomic mass is 9.77. The van der Waals surface area contributed by atoms with Crippen molar-refractivity contribution in [2.75, 3.05) is 6.61 Å². The van der Waals surface area contributed by atoms with Gasteiger partial charge in [0, 0.05) is 6.61 Å². The summed E-state index contributed by atoms with van der Waals surface area (Å²) in [5.74, 6) is 0.782. The first-order chi connectivity index (χ1) is 8.74. The maximum absolute atomic E-state index is 6.42. The lowest BCUT2D eigenvalue weighted by Gasteiger charge is -2.42. The number of ether oxygens (including phenoxy) is 2. The van der Waals surface area contributed by atoms with Gasteiger partial charge in [-0.15, -0.1) is 0 Å². The van der Waals surface area contributed by atoms with E-state index in [1.165, 1.54) is 38.5 Å². The third kappa shape index (κ3) is 4.20. The van der Waals surface area contributed by atoms with E-state index < -0.39 is 0 Å². The summed E-state index contributed by atoms with van der Waals surface area (Å²) in [6, 6.07) is 0. The van der Waals surface area contributed by atoms with Gasteiger partial charge in [0.25, 0.3) is 0 Å². The van der Waals surface area contributed by atoms with Crippen LogP contribution in [0.1, 0.15) is 58.3 Å². The Kier molecular flexibility index (Phi) is 5.96. The molecule has 18 heavy (non-hydrogen) atoms. The second-order valence-electron chi connectivity index (χ2n) is 5.86. The number of halogens is 1. The van der Waals surface area contributed by atoms with E-state index in [1.807, 2.05) is 0 Å². The van der Waals surface area contributed by atoms with Crippen LogP contribution in [0.25, 0.3) is 0 Å². The zero-order valence-electron chi connectivity index (χ0n) is 11.4. The summed E-state index contributed by atoms with van der Waals surface area (Å²) in [6.45, 7) is 3.23. The fourth-order valence-corrected chi connectivity index (χ4v) is 3.55. The molecule has 3 unspecified atom stereocenters. The van der Waals surface area contributed by atoms with Gasteiger partial charge in [0.1, 0.15) is 0 Å². The van der Waals surface area contributed by atoms with Gasteiger partial charge in [-0.25, -0.2) is 0 Å². The molecule has 0 aromatic heterocycles. The molecular formula is C15H25IO2. The van der Waals surface area contributed by atoms with Gasteiger partial charge in [-0.05, 0) is 48.5 Å². The SMILES string of the molecule is CC1CCCC(CC=CI)(OC2CCCCO2)C1. The monoisotopic (exact) mass is 364 g/mol. The van der Waals surface area contributed by atoms with E-state index in [0.29, 0.717) is 0 Å². The van der Waals surface area contributed by atoms with Crippen LogP contribution in [0.15, 0.2) is 10.2 Å². The van der Waals surface area contributed by atoms with E-state index in [0.717, 1.165) is 25.4 Å². The lowest BCUT2D eigenvalue weighted by molar-refractivity contribution is -0.235. The first kappa shape index (κ1) is 14.8. The van der Waals surface area contributed by atoms with Gasteiger partial charge in [-0.1, -0.05) is 48.4 Å². The zero-order chi connectivity index (χ0) is 12.8. The van der Waals surface area contributed by atoms with Gasteiger partial charge < -0.3 is 9.47 Å². The van der Waals surface area contributed by atoms with Crippen molar-refractivity contribution in [3.8, 4) is 0 Å². The highest BCUT2D eigenvalue weighted by atomic mass is 127. The highest BCUT2D eigenvalue weighted by Gasteiger charge is 2.37. The van der Waals surface area contributed by atoms with E-state index in [9.17, 15) is 0 Å². The number of hydrogen-bond donors (Lipinski definition) is 0. The van der Waals surface area contributed by atoms with Crippen LogP contribution >= 0.6 is 22.6 Å². The van der Waals surface area contributed by atoms with Crippen molar-refractivity contribution in [3.63, 3.8) is 0 Å². The molecule has 0 radical (unpaired) electrons. The number of hydrogen-bond acceptors (Lipinski definition) is 2. The molecule has 3 heteroatoms. The van der Waals surface area contributed by atoms with Crippen LogP contribution in [0.3, 0.4) is 0 Å². The van der Waals surface area contributed by atoms with Gasteiger partial charge in [0.05, 0.1) is 5.60 Å². The van der Waals surface area contributed by atoms with Crippen molar-refractivity contribution in [2.45, 2.75) is 70.2 Å². The molecule has 2 fully saturated rings. The largest absolute Gasteiger partial charge is 0.353 e. The molecule has 0 spiro atoms. The highest BCUT2D eigenvalue weighted by molar-refractivity contribution is 14.1. The van der Waals surface area contributed by atoms with Crippen LogP contribution in [0, 0.1) is 5.92 Å². The molecule has 0 amide bonds. The van der Waals surface area contributed by atoms with Crippen molar-refractivity contribution >= 4 is 22.6 Å². The molecule has 0 aromatic rings. The average Bonchev–Trinajstić information content (AvgIpc) is 2.38. The topological polar surface area (TPSA) is 18.5 Å². The third-order valence-corrected chi connectivity index (χ3v) is 4.66. The molecule has 0 N–H and O–H groups in total. The van der Waals surface area contributed by atoms with Crippen LogP contribution in [0.5, 0.6) is 0 Å². The van der Waals surface area contributed by atoms with Crippen LogP contribution in [0.4, 0.5) is 0 Å². The molecular weight excluding hydrogens is 339 g/mol. The minimum Gasteiger partial charge on any atom is -0.353 e. The standard InChI is InChI=1S/C15H25IO2/c1-13-6-4-8-15(12-13,9-5-10-16)18-14-7-2-3-11-17-14/h5,10,13-14H,2-4,6-9,11-12H2,1H3. The second kappa shape index (κ2) is 7.25. The van der Waals surface area contributed by atoms with E-state index in [1.54, 1.807) is 0 Å². The van der Waals surface area contributed by atoms with Gasteiger partial charge in [-0.3, -0.25) is 0 Å². The van der Waals surface area contributed by atoms with Crippen molar-refractivity contribution in [2.24, 2.45) is 5.92 Å². The Morgan fingerprint density at radius 1 is 1.33 bits per heavy atom. The van der Waals surface area contributed by atoms with Crippen LogP contribution in [0.2, 0.25) is 0 Å². The summed E-state index contributed by atoms with van der Waals surface area (Å²) in [4.78, 5) is 0. The number of rotatable bonds is 4. The molecule has 104 valence electrons. The maximum Gasteiger partial charge on any atom is 0.158 e. The van der Waals surface area contributed by atoms with Crippen molar-refractivity contribution in [3.05, 3.63) is 10.2 Å². The smallest absolute Gasteiger partial charge is 0.158 e. The first-order valence-electron chi connectivity index (χ1n) is 7.29. The van der Waals surface area contributed by atoms with Crippen molar-refractivity contribution in [1.29, 1.82) is 0 Å². The second-order valence-corrected chi connectivity index (χ2v) is 6.58. The minimum absolute atomic E-state index is 0.0430. The predicted octanol–water partition coefficient (Wildman–Crippen LogP) is 4.82. The minimum atomic E-state index is 0.0430. The van der Waals surface area contributed by atoms with Crippen molar-refractivity contribution in [1.82, 2.24) is 0 Å². The van der Waals surface area contributed by atoms with E-state index in [-0.39, 0.29) is 11.9 Å². The molecule has 1 saturated carbocycles. The average molecular weight is 364 g/mol. The van der Waals surface area contributed by atoms with Crippen LogP contribution in [-0.4, -0.2) is 18.5 Å². The van der Waals surface area contributed by atoms with Crippen LogP contribution < -0.4 is 0 Å². The summed E-state index contributed by atoms with van der Waals surface area (Å²) in [7, 11) is 0. The Morgan fingerprint density at radius 2 is 2.22 bits per heavy atom. The Bertz CT molecular complexity index is 274. The van der Waals surface area contributed by atoms with Gasteiger partial charge in [0.15, 0.2) is 6.29 Å². The van der Waals surface area contributed by atoms with Gasteiger partial charge in [-0.2, -0.15) is 0 Å². The Morgan fingerprint density at radius 3 is 2.89 bits per heavy atom. The normalized spacial score (nSPS) is 38.1. The van der Waals surface area contributed by atoms with E-state index in [2.05, 4.69) is 39.7 Å². The highest BCUT2D eigenvalue weighted by Crippen LogP contribution is 2.40.